The minimum absolute atomic E-state index is 0.232. The van der Waals surface area contributed by atoms with E-state index in [1.54, 1.807) is 6.07 Å². The van der Waals surface area contributed by atoms with Gasteiger partial charge in [-0.25, -0.2) is 4.79 Å². The largest absolute Gasteiger partial charge is 0.428 e. The van der Waals surface area contributed by atoms with Crippen molar-refractivity contribution in [3.8, 4) is 11.1 Å². The summed E-state index contributed by atoms with van der Waals surface area (Å²) in [6.07, 6.45) is 4.21. The molecular formula is C15H14O2. The highest BCUT2D eigenvalue weighted by Crippen LogP contribution is 2.29. The van der Waals surface area contributed by atoms with Crippen LogP contribution < -0.4 is 5.63 Å². The Hall–Kier alpha value is -1.83. The second-order valence-corrected chi connectivity index (χ2v) is 4.45. The lowest BCUT2D eigenvalue weighted by Crippen LogP contribution is -2.10. The Kier molecular flexibility index (Phi) is 2.56. The molecule has 0 aliphatic heterocycles. The molecule has 0 spiro atoms. The Morgan fingerprint density at radius 1 is 1.00 bits per heavy atom. The highest BCUT2D eigenvalue weighted by molar-refractivity contribution is 5.67. The van der Waals surface area contributed by atoms with Crippen LogP contribution in [0.15, 0.2) is 45.6 Å². The van der Waals surface area contributed by atoms with E-state index in [2.05, 4.69) is 0 Å². The van der Waals surface area contributed by atoms with E-state index in [1.165, 1.54) is 12.0 Å². The zero-order valence-corrected chi connectivity index (χ0v) is 9.61. The van der Waals surface area contributed by atoms with E-state index >= 15 is 0 Å². The maximum Gasteiger partial charge on any atom is 0.336 e. The molecule has 3 rings (SSSR count). The molecule has 0 saturated heterocycles. The Balaban J connectivity index is 2.22. The summed E-state index contributed by atoms with van der Waals surface area (Å²) in [5.74, 6) is 0.891. The van der Waals surface area contributed by atoms with Crippen molar-refractivity contribution in [2.75, 3.05) is 0 Å². The summed E-state index contributed by atoms with van der Waals surface area (Å²) in [5.41, 5.74) is 3.15. The summed E-state index contributed by atoms with van der Waals surface area (Å²) in [4.78, 5) is 11.6. The third-order valence-electron chi connectivity index (χ3n) is 3.31. The van der Waals surface area contributed by atoms with Crippen molar-refractivity contribution in [3.63, 3.8) is 0 Å². The molecule has 1 aliphatic carbocycles. The van der Waals surface area contributed by atoms with Gasteiger partial charge in [0.25, 0.3) is 0 Å². The van der Waals surface area contributed by atoms with Gasteiger partial charge in [0.2, 0.25) is 0 Å². The fourth-order valence-corrected chi connectivity index (χ4v) is 2.51. The first-order chi connectivity index (χ1) is 8.34. The fraction of sp³-hybridized carbons (Fsp3) is 0.267. The molecule has 0 N–H and O–H groups in total. The Morgan fingerprint density at radius 3 is 2.59 bits per heavy atom. The third-order valence-corrected chi connectivity index (χ3v) is 3.31. The molecule has 1 heterocycles. The average Bonchev–Trinajstić information content (AvgIpc) is 2.39. The molecule has 86 valence electrons. The lowest BCUT2D eigenvalue weighted by Gasteiger charge is -2.17. The first kappa shape index (κ1) is 10.3. The molecule has 0 amide bonds. The normalized spacial score (nSPS) is 14.4. The lowest BCUT2D eigenvalue weighted by atomic mass is 9.90. The van der Waals surface area contributed by atoms with Gasteiger partial charge in [0, 0.05) is 12.5 Å². The molecule has 2 heteroatoms. The van der Waals surface area contributed by atoms with Gasteiger partial charge in [-0.05, 0) is 36.0 Å². The summed E-state index contributed by atoms with van der Waals surface area (Å²) in [7, 11) is 0. The SMILES string of the molecule is O=c1cc(-c2ccccc2)c2c(o1)CCCC2. The van der Waals surface area contributed by atoms with Gasteiger partial charge in [0.05, 0.1) is 0 Å². The predicted octanol–water partition coefficient (Wildman–Crippen LogP) is 3.19. The minimum Gasteiger partial charge on any atom is -0.428 e. The predicted molar refractivity (Wildman–Crippen MR) is 67.1 cm³/mol. The highest BCUT2D eigenvalue weighted by atomic mass is 16.4. The van der Waals surface area contributed by atoms with Crippen LogP contribution in [0.2, 0.25) is 0 Å². The minimum atomic E-state index is -0.232. The molecule has 1 aromatic carbocycles. The van der Waals surface area contributed by atoms with Crippen LogP contribution in [0.5, 0.6) is 0 Å². The van der Waals surface area contributed by atoms with Crippen LogP contribution >= 0.6 is 0 Å². The zero-order chi connectivity index (χ0) is 11.7. The first-order valence-electron chi connectivity index (χ1n) is 6.06. The van der Waals surface area contributed by atoms with Crippen molar-refractivity contribution < 1.29 is 4.42 Å². The molecule has 0 bridgehead atoms. The lowest BCUT2D eigenvalue weighted by molar-refractivity contribution is 0.429. The van der Waals surface area contributed by atoms with E-state index in [1.807, 2.05) is 30.3 Å². The van der Waals surface area contributed by atoms with E-state index in [0.717, 1.165) is 36.1 Å². The zero-order valence-electron chi connectivity index (χ0n) is 9.61. The molecule has 1 aromatic heterocycles. The van der Waals surface area contributed by atoms with Crippen molar-refractivity contribution in [1.29, 1.82) is 0 Å². The van der Waals surface area contributed by atoms with Crippen LogP contribution in [0.3, 0.4) is 0 Å². The topological polar surface area (TPSA) is 30.2 Å². The molecular weight excluding hydrogens is 212 g/mol. The number of aryl methyl sites for hydroxylation is 1. The van der Waals surface area contributed by atoms with Crippen LogP contribution in [-0.4, -0.2) is 0 Å². The third kappa shape index (κ3) is 1.91. The Morgan fingerprint density at radius 2 is 1.76 bits per heavy atom. The van der Waals surface area contributed by atoms with Gasteiger partial charge in [0.15, 0.2) is 0 Å². The maximum absolute atomic E-state index is 11.6. The van der Waals surface area contributed by atoms with E-state index in [0.29, 0.717) is 0 Å². The number of hydrogen-bond donors (Lipinski definition) is 0. The smallest absolute Gasteiger partial charge is 0.336 e. The monoisotopic (exact) mass is 226 g/mol. The number of rotatable bonds is 1. The van der Waals surface area contributed by atoms with Crippen molar-refractivity contribution >= 4 is 0 Å². The molecule has 2 nitrogen and oxygen atoms in total. The van der Waals surface area contributed by atoms with Crippen molar-refractivity contribution in [1.82, 2.24) is 0 Å². The van der Waals surface area contributed by atoms with Crippen molar-refractivity contribution in [2.45, 2.75) is 25.7 Å². The van der Waals surface area contributed by atoms with Gasteiger partial charge in [-0.3, -0.25) is 0 Å². The number of hydrogen-bond acceptors (Lipinski definition) is 2. The summed E-state index contributed by atoms with van der Waals surface area (Å²) in [5, 5.41) is 0. The first-order valence-corrected chi connectivity index (χ1v) is 6.06. The molecule has 17 heavy (non-hydrogen) atoms. The second kappa shape index (κ2) is 4.21. The van der Waals surface area contributed by atoms with E-state index in [-0.39, 0.29) is 5.63 Å². The van der Waals surface area contributed by atoms with Gasteiger partial charge in [0.1, 0.15) is 5.76 Å². The standard InChI is InChI=1S/C15H14O2/c16-15-10-13(11-6-2-1-3-7-11)12-8-4-5-9-14(12)17-15/h1-3,6-7,10H,4-5,8-9H2. The summed E-state index contributed by atoms with van der Waals surface area (Å²) >= 11 is 0. The number of benzene rings is 1. The Bertz CT molecular complexity index is 582. The molecule has 0 saturated carbocycles. The van der Waals surface area contributed by atoms with E-state index in [9.17, 15) is 4.79 Å². The van der Waals surface area contributed by atoms with Gasteiger partial charge < -0.3 is 4.42 Å². The Labute approximate surface area is 99.9 Å². The number of fused-ring (bicyclic) bond motifs is 1. The molecule has 0 atom stereocenters. The van der Waals surface area contributed by atoms with Crippen LogP contribution in [0, 0.1) is 0 Å². The average molecular weight is 226 g/mol. The van der Waals surface area contributed by atoms with Crippen LogP contribution in [0.25, 0.3) is 11.1 Å². The highest BCUT2D eigenvalue weighted by Gasteiger charge is 2.17. The van der Waals surface area contributed by atoms with Crippen LogP contribution in [0.4, 0.5) is 0 Å². The van der Waals surface area contributed by atoms with Crippen molar-refractivity contribution in [2.24, 2.45) is 0 Å². The summed E-state index contributed by atoms with van der Waals surface area (Å²) < 4.78 is 5.31. The van der Waals surface area contributed by atoms with Crippen LogP contribution in [0.1, 0.15) is 24.2 Å². The molecule has 1 aliphatic rings. The van der Waals surface area contributed by atoms with Gasteiger partial charge >= 0.3 is 5.63 Å². The van der Waals surface area contributed by atoms with E-state index < -0.39 is 0 Å². The van der Waals surface area contributed by atoms with Gasteiger partial charge in [-0.1, -0.05) is 30.3 Å². The van der Waals surface area contributed by atoms with Gasteiger partial charge in [-0.15, -0.1) is 0 Å². The second-order valence-electron chi connectivity index (χ2n) is 4.45. The maximum atomic E-state index is 11.6. The molecule has 0 unspecified atom stereocenters. The summed E-state index contributed by atoms with van der Waals surface area (Å²) in [6.45, 7) is 0. The fourth-order valence-electron chi connectivity index (χ4n) is 2.51. The molecule has 0 fully saturated rings. The molecule has 2 aromatic rings. The van der Waals surface area contributed by atoms with Crippen LogP contribution in [-0.2, 0) is 12.8 Å². The quantitative estimate of drug-likeness (QED) is 0.747. The van der Waals surface area contributed by atoms with E-state index in [4.69, 9.17) is 4.42 Å². The molecule has 0 radical (unpaired) electrons. The van der Waals surface area contributed by atoms with Gasteiger partial charge in [-0.2, -0.15) is 0 Å². The summed E-state index contributed by atoms with van der Waals surface area (Å²) in [6, 6.07) is 11.7. The van der Waals surface area contributed by atoms with Crippen molar-refractivity contribution in [3.05, 3.63) is 58.1 Å².